The molecule has 1 amide bonds. The van der Waals surface area contributed by atoms with Crippen LogP contribution >= 0.6 is 11.6 Å². The van der Waals surface area contributed by atoms with Crippen molar-refractivity contribution in [3.8, 4) is 0 Å². The number of benzene rings is 1. The minimum Gasteiger partial charge on any atom is -0.401 e. The Morgan fingerprint density at radius 3 is 2.52 bits per heavy atom. The first-order chi connectivity index (χ1) is 14.2. The van der Waals surface area contributed by atoms with Gasteiger partial charge in [0.15, 0.2) is 0 Å². The van der Waals surface area contributed by atoms with E-state index < -0.39 is 35.4 Å². The topological polar surface area (TPSA) is 120 Å². The van der Waals surface area contributed by atoms with E-state index in [2.05, 4.69) is 18.5 Å². The number of hydrogen-bond acceptors (Lipinski definition) is 6. The van der Waals surface area contributed by atoms with E-state index in [1.165, 1.54) is 26.2 Å². The number of nitrogens with one attached hydrogen (secondary N) is 1. The average molecular weight is 462 g/mol. The molecular weight excluding hydrogens is 435 g/mol. The van der Waals surface area contributed by atoms with Gasteiger partial charge >= 0.3 is 0 Å². The van der Waals surface area contributed by atoms with E-state index in [0.29, 0.717) is 0 Å². The second-order valence-corrected chi connectivity index (χ2v) is 7.36. The third-order valence-electron chi connectivity index (χ3n) is 4.37. The summed E-state index contributed by atoms with van der Waals surface area (Å²) >= 11 is 5.94. The van der Waals surface area contributed by atoms with Crippen LogP contribution in [0, 0.1) is 5.82 Å². The quantitative estimate of drug-likeness (QED) is 0.174. The highest BCUT2D eigenvalue weighted by molar-refractivity contribution is 6.35. The fourth-order valence-electron chi connectivity index (χ4n) is 2.60. The molecule has 0 aliphatic carbocycles. The van der Waals surface area contributed by atoms with E-state index in [4.69, 9.17) is 33.6 Å². The third-order valence-corrected chi connectivity index (χ3v) is 4.69. The maximum Gasteiger partial charge on any atom is 0.292 e. The molecule has 0 unspecified atom stereocenters. The van der Waals surface area contributed by atoms with Gasteiger partial charge in [-0.25, -0.2) is 19.0 Å². The van der Waals surface area contributed by atoms with Crippen molar-refractivity contribution in [2.75, 3.05) is 25.6 Å². The van der Waals surface area contributed by atoms with Crippen LogP contribution in [0.1, 0.15) is 18.9 Å². The predicted octanol–water partition coefficient (Wildman–Crippen LogP) is 2.89. The number of hydrazine groups is 1. The van der Waals surface area contributed by atoms with Crippen LogP contribution in [0.4, 0.5) is 18.9 Å². The Bertz CT molecular complexity index is 876. The van der Waals surface area contributed by atoms with E-state index in [0.717, 1.165) is 17.1 Å². The van der Waals surface area contributed by atoms with Gasteiger partial charge in [0, 0.05) is 30.2 Å². The van der Waals surface area contributed by atoms with Gasteiger partial charge in [0.1, 0.15) is 18.0 Å². The minimum absolute atomic E-state index is 0.0171. The monoisotopic (exact) mass is 461 g/mol. The van der Waals surface area contributed by atoms with E-state index in [9.17, 15) is 18.0 Å². The molecule has 0 aromatic heterocycles. The van der Waals surface area contributed by atoms with E-state index in [-0.39, 0.29) is 35.0 Å². The Morgan fingerprint density at radius 2 is 2.00 bits per heavy atom. The number of hydrogen-bond donors (Lipinski definition) is 4. The summed E-state index contributed by atoms with van der Waals surface area (Å²) in [4.78, 5) is 12.3. The number of nitrogens with zero attached hydrogens (tertiary/aromatic N) is 1. The average Bonchev–Trinajstić information content (AvgIpc) is 2.66. The predicted molar refractivity (Wildman–Crippen MR) is 115 cm³/mol. The zero-order valence-electron chi connectivity index (χ0n) is 17.4. The van der Waals surface area contributed by atoms with Crippen molar-refractivity contribution >= 4 is 23.2 Å². The molecule has 7 nitrogen and oxygen atoms in total. The van der Waals surface area contributed by atoms with Gasteiger partial charge in [0.05, 0.1) is 17.2 Å². The Balaban J connectivity index is 3.21. The van der Waals surface area contributed by atoms with Gasteiger partial charge in [-0.05, 0) is 24.6 Å². The lowest BCUT2D eigenvalue weighted by Crippen LogP contribution is -2.55. The standard InChI is InChI=1S/C20H27ClF3N5O2/c1-5-19(26,20(23,24)11-31-10-12(2)25)15-8-14(6-7-17(15)22)28-18(30)13(3)16(21)9-29(4)27/h6-9H,2-3,5,10-11,25-27H2,1,4H3,(H,28,30)/b16-9+/t19-/m1/s1. The van der Waals surface area contributed by atoms with E-state index in [1.807, 2.05) is 0 Å². The summed E-state index contributed by atoms with van der Waals surface area (Å²) in [5.41, 5.74) is 8.29. The normalized spacial score (nSPS) is 14.0. The SMILES string of the molecule is C=C(N)COCC(F)(F)[C@@](N)(CC)c1cc(NC(=O)C(=C)/C(Cl)=C\N(C)N)ccc1F. The Kier molecular flexibility index (Phi) is 9.12. The Morgan fingerprint density at radius 1 is 1.39 bits per heavy atom. The summed E-state index contributed by atoms with van der Waals surface area (Å²) < 4.78 is 49.2. The smallest absolute Gasteiger partial charge is 0.292 e. The molecule has 1 aromatic rings. The fraction of sp³-hybridized carbons (Fsp3) is 0.350. The van der Waals surface area contributed by atoms with Crippen molar-refractivity contribution in [3.05, 3.63) is 65.2 Å². The lowest BCUT2D eigenvalue weighted by Gasteiger charge is -2.37. The number of ether oxygens (including phenoxy) is 1. The molecule has 0 spiro atoms. The number of amides is 1. The number of carbonyl (C=O) groups is 1. The molecule has 1 aromatic carbocycles. The van der Waals surface area contributed by atoms with Gasteiger partial charge in [-0.3, -0.25) is 4.79 Å². The van der Waals surface area contributed by atoms with Crippen LogP contribution in [0.3, 0.4) is 0 Å². The summed E-state index contributed by atoms with van der Waals surface area (Å²) in [5.74, 6) is 0.0564. The van der Waals surface area contributed by atoms with E-state index in [1.54, 1.807) is 0 Å². The molecule has 1 atom stereocenters. The molecule has 0 aliphatic rings. The van der Waals surface area contributed by atoms with Crippen molar-refractivity contribution in [3.63, 3.8) is 0 Å². The number of nitrogens with two attached hydrogens (primary N) is 3. The van der Waals surface area contributed by atoms with Crippen molar-refractivity contribution in [1.29, 1.82) is 0 Å². The highest BCUT2D eigenvalue weighted by Gasteiger charge is 2.52. The summed E-state index contributed by atoms with van der Waals surface area (Å²) in [6.07, 6.45) is 0.920. The summed E-state index contributed by atoms with van der Waals surface area (Å²) in [6, 6.07) is 3.15. The Hall–Kier alpha value is -2.53. The van der Waals surface area contributed by atoms with Gasteiger partial charge in [0.25, 0.3) is 11.8 Å². The molecule has 31 heavy (non-hydrogen) atoms. The van der Waals surface area contributed by atoms with Crippen molar-refractivity contribution < 1.29 is 22.7 Å². The molecule has 7 N–H and O–H groups in total. The molecule has 0 aliphatic heterocycles. The molecule has 172 valence electrons. The van der Waals surface area contributed by atoms with Gasteiger partial charge in [0.2, 0.25) is 0 Å². The van der Waals surface area contributed by atoms with Gasteiger partial charge in [-0.1, -0.05) is 31.7 Å². The molecular formula is C20H27ClF3N5O2. The van der Waals surface area contributed by atoms with E-state index >= 15 is 0 Å². The Labute approximate surface area is 184 Å². The number of rotatable bonds is 11. The van der Waals surface area contributed by atoms with Crippen molar-refractivity contribution in [2.24, 2.45) is 17.3 Å². The number of anilines is 1. The zero-order chi connectivity index (χ0) is 24.0. The van der Waals surface area contributed by atoms with Crippen LogP contribution < -0.4 is 22.6 Å². The second kappa shape index (κ2) is 10.7. The first kappa shape index (κ1) is 26.5. The summed E-state index contributed by atoms with van der Waals surface area (Å²) in [7, 11) is 1.48. The van der Waals surface area contributed by atoms with Crippen LogP contribution in [0.5, 0.6) is 0 Å². The minimum atomic E-state index is -3.66. The van der Waals surface area contributed by atoms with Crippen LogP contribution in [0.15, 0.2) is 53.9 Å². The number of halogens is 4. The summed E-state index contributed by atoms with van der Waals surface area (Å²) in [5, 5.41) is 3.49. The van der Waals surface area contributed by atoms with Crippen LogP contribution in [0.2, 0.25) is 0 Å². The molecule has 0 bridgehead atoms. The molecule has 0 radical (unpaired) electrons. The third kappa shape index (κ3) is 6.73. The van der Waals surface area contributed by atoms with Gasteiger partial charge in [-0.15, -0.1) is 0 Å². The first-order valence-corrected chi connectivity index (χ1v) is 9.46. The van der Waals surface area contributed by atoms with Crippen LogP contribution in [0.25, 0.3) is 0 Å². The number of alkyl halides is 2. The highest BCUT2D eigenvalue weighted by Crippen LogP contribution is 2.40. The highest BCUT2D eigenvalue weighted by atomic mass is 35.5. The molecule has 1 rings (SSSR count). The lowest BCUT2D eigenvalue weighted by atomic mass is 9.81. The number of carbonyl (C=O) groups excluding carboxylic acids is 1. The molecule has 0 fully saturated rings. The molecule has 0 heterocycles. The van der Waals surface area contributed by atoms with Crippen LogP contribution in [-0.2, 0) is 15.1 Å². The van der Waals surface area contributed by atoms with Crippen molar-refractivity contribution in [1.82, 2.24) is 5.01 Å². The lowest BCUT2D eigenvalue weighted by molar-refractivity contribution is -0.131. The molecule has 0 saturated carbocycles. The zero-order valence-corrected chi connectivity index (χ0v) is 18.1. The van der Waals surface area contributed by atoms with Gasteiger partial charge < -0.3 is 26.5 Å². The fourth-order valence-corrected chi connectivity index (χ4v) is 2.84. The van der Waals surface area contributed by atoms with Crippen molar-refractivity contribution in [2.45, 2.75) is 24.8 Å². The summed E-state index contributed by atoms with van der Waals surface area (Å²) in [6.45, 7) is 6.88. The maximum absolute atomic E-state index is 14.9. The van der Waals surface area contributed by atoms with Crippen LogP contribution in [-0.4, -0.2) is 37.1 Å². The first-order valence-electron chi connectivity index (χ1n) is 9.08. The largest absolute Gasteiger partial charge is 0.401 e. The molecule has 11 heteroatoms. The maximum atomic E-state index is 14.9. The van der Waals surface area contributed by atoms with Gasteiger partial charge in [-0.2, -0.15) is 0 Å². The second-order valence-electron chi connectivity index (χ2n) is 6.95. The molecule has 0 saturated heterocycles.